The molecule has 0 radical (unpaired) electrons. The minimum absolute atomic E-state index is 0.0950. The number of nitrogens with zero attached hydrogens (tertiary/aromatic N) is 2. The Kier molecular flexibility index (Phi) is 7.34. The Morgan fingerprint density at radius 1 is 1.03 bits per heavy atom. The highest BCUT2D eigenvalue weighted by atomic mass is 35.5. The van der Waals surface area contributed by atoms with Crippen molar-refractivity contribution in [3.63, 3.8) is 0 Å². The van der Waals surface area contributed by atoms with Gasteiger partial charge in [0.05, 0.1) is 0 Å². The third kappa shape index (κ3) is 5.81. The van der Waals surface area contributed by atoms with Gasteiger partial charge < -0.3 is 9.64 Å². The van der Waals surface area contributed by atoms with Crippen LogP contribution < -0.4 is 0 Å². The number of likely N-dealkylation sites (tertiary alicyclic amines) is 1. The van der Waals surface area contributed by atoms with Crippen LogP contribution in [0.15, 0.2) is 36.4 Å². The van der Waals surface area contributed by atoms with Gasteiger partial charge in [-0.15, -0.1) is 0 Å². The summed E-state index contributed by atoms with van der Waals surface area (Å²) in [5, 5.41) is 0.677. The minimum Gasteiger partial charge on any atom is -0.444 e. The van der Waals surface area contributed by atoms with Gasteiger partial charge >= 0.3 is 6.09 Å². The van der Waals surface area contributed by atoms with E-state index in [2.05, 4.69) is 36.1 Å². The number of amides is 1. The van der Waals surface area contributed by atoms with Crippen molar-refractivity contribution in [2.75, 3.05) is 13.1 Å². The van der Waals surface area contributed by atoms with Gasteiger partial charge in [-0.05, 0) is 74.4 Å². The van der Waals surface area contributed by atoms with Gasteiger partial charge in [0.1, 0.15) is 5.60 Å². The first kappa shape index (κ1) is 24.7. The van der Waals surface area contributed by atoms with E-state index in [1.165, 1.54) is 11.1 Å². The Hall–Kier alpha value is -2.37. The molecule has 1 amide bonds. The van der Waals surface area contributed by atoms with E-state index in [1.807, 2.05) is 32.9 Å². The highest BCUT2D eigenvalue weighted by molar-refractivity contribution is 6.32. The largest absolute Gasteiger partial charge is 0.444 e. The van der Waals surface area contributed by atoms with Crippen LogP contribution in [0.1, 0.15) is 73.1 Å². The van der Waals surface area contributed by atoms with Crippen LogP contribution in [0, 0.1) is 5.92 Å². The third-order valence-corrected chi connectivity index (χ3v) is 7.04. The maximum absolute atomic E-state index is 13.3. The van der Waals surface area contributed by atoms with Crippen LogP contribution in [0.25, 0.3) is 0 Å². The second-order valence-corrected chi connectivity index (χ2v) is 10.9. The van der Waals surface area contributed by atoms with Gasteiger partial charge in [-0.3, -0.25) is 9.69 Å². The third-order valence-electron chi connectivity index (χ3n) is 6.70. The average Bonchev–Trinajstić information content (AvgIpc) is 3.21. The molecule has 0 bridgehead atoms. The lowest BCUT2D eigenvalue weighted by molar-refractivity contribution is 0.0182. The number of halogens is 1. The Morgan fingerprint density at radius 2 is 1.68 bits per heavy atom. The van der Waals surface area contributed by atoms with Gasteiger partial charge in [-0.1, -0.05) is 42.8 Å². The fourth-order valence-corrected chi connectivity index (χ4v) is 5.11. The van der Waals surface area contributed by atoms with Gasteiger partial charge in [0.2, 0.25) is 0 Å². The molecule has 1 saturated heterocycles. The predicted octanol–water partition coefficient (Wildman–Crippen LogP) is 6.25. The number of aryl methyl sites for hydroxylation is 1. The molecule has 5 nitrogen and oxygen atoms in total. The fourth-order valence-electron chi connectivity index (χ4n) is 4.81. The predicted molar refractivity (Wildman–Crippen MR) is 135 cm³/mol. The average molecular weight is 483 g/mol. The zero-order chi connectivity index (χ0) is 24.5. The van der Waals surface area contributed by atoms with Crippen LogP contribution in [0.4, 0.5) is 4.79 Å². The highest BCUT2D eigenvalue weighted by Gasteiger charge is 2.31. The number of carbonyl (C=O) groups is 2. The van der Waals surface area contributed by atoms with Crippen LogP contribution >= 0.6 is 11.6 Å². The molecule has 0 unspecified atom stereocenters. The molecule has 0 saturated carbocycles. The SMILES string of the molecule is CCc1ccc(CN2Cc3cc(C(=O)C4CCN(C(=O)OC(C)(C)C)CC4)cc(Cl)c3C2)cc1. The Balaban J connectivity index is 1.37. The lowest BCUT2D eigenvalue weighted by Crippen LogP contribution is -2.43. The van der Waals surface area contributed by atoms with Gasteiger partial charge in [-0.2, -0.15) is 0 Å². The lowest BCUT2D eigenvalue weighted by atomic mass is 9.88. The molecule has 0 atom stereocenters. The number of rotatable bonds is 5. The quantitative estimate of drug-likeness (QED) is 0.473. The smallest absolute Gasteiger partial charge is 0.410 e. The summed E-state index contributed by atoms with van der Waals surface area (Å²) < 4.78 is 5.47. The molecule has 182 valence electrons. The number of ether oxygens (including phenoxy) is 1. The van der Waals surface area contributed by atoms with Gasteiger partial charge in [-0.25, -0.2) is 4.79 Å². The Labute approximate surface area is 208 Å². The molecule has 1 fully saturated rings. The minimum atomic E-state index is -0.516. The highest BCUT2D eigenvalue weighted by Crippen LogP contribution is 2.33. The first-order valence-corrected chi connectivity index (χ1v) is 12.6. The van der Waals surface area contributed by atoms with E-state index in [0.717, 1.165) is 37.2 Å². The number of hydrogen-bond acceptors (Lipinski definition) is 4. The Morgan fingerprint density at radius 3 is 2.29 bits per heavy atom. The molecule has 0 aliphatic carbocycles. The number of benzene rings is 2. The van der Waals surface area contributed by atoms with E-state index in [1.54, 1.807) is 4.90 Å². The van der Waals surface area contributed by atoms with Crippen LogP contribution in [0.5, 0.6) is 0 Å². The molecule has 4 rings (SSSR count). The van der Waals surface area contributed by atoms with Crippen molar-refractivity contribution in [1.29, 1.82) is 0 Å². The fraction of sp³-hybridized carbons (Fsp3) is 0.500. The van der Waals surface area contributed by atoms with Gasteiger partial charge in [0.25, 0.3) is 0 Å². The maximum Gasteiger partial charge on any atom is 0.410 e. The molecular weight excluding hydrogens is 448 g/mol. The molecule has 2 aromatic rings. The molecule has 34 heavy (non-hydrogen) atoms. The number of carbonyl (C=O) groups excluding carboxylic acids is 2. The first-order valence-electron chi connectivity index (χ1n) is 12.3. The van der Waals surface area contributed by atoms with Crippen molar-refractivity contribution in [2.24, 2.45) is 5.92 Å². The van der Waals surface area contributed by atoms with E-state index in [4.69, 9.17) is 16.3 Å². The topological polar surface area (TPSA) is 49.9 Å². The first-order chi connectivity index (χ1) is 16.1. The second-order valence-electron chi connectivity index (χ2n) is 10.5. The van der Waals surface area contributed by atoms with Gasteiger partial charge in [0.15, 0.2) is 5.78 Å². The van der Waals surface area contributed by atoms with Gasteiger partial charge in [0, 0.05) is 49.2 Å². The summed E-state index contributed by atoms with van der Waals surface area (Å²) in [4.78, 5) is 29.7. The number of hydrogen-bond donors (Lipinski definition) is 0. The summed E-state index contributed by atoms with van der Waals surface area (Å²) in [7, 11) is 0. The molecule has 6 heteroatoms. The maximum atomic E-state index is 13.3. The zero-order valence-corrected chi connectivity index (χ0v) is 21.5. The Bertz CT molecular complexity index is 1050. The van der Waals surface area contributed by atoms with Crippen molar-refractivity contribution >= 4 is 23.5 Å². The number of ketones is 1. The van der Waals surface area contributed by atoms with Crippen LogP contribution in [-0.2, 0) is 30.8 Å². The molecule has 2 aliphatic heterocycles. The lowest BCUT2D eigenvalue weighted by Gasteiger charge is -2.33. The van der Waals surface area contributed by atoms with E-state index < -0.39 is 5.60 Å². The van der Waals surface area contributed by atoms with Crippen molar-refractivity contribution in [3.8, 4) is 0 Å². The molecule has 0 spiro atoms. The zero-order valence-electron chi connectivity index (χ0n) is 20.7. The van der Waals surface area contributed by atoms with Crippen LogP contribution in [-0.4, -0.2) is 40.4 Å². The molecule has 2 aromatic carbocycles. The molecular formula is C28H35ClN2O3. The number of fused-ring (bicyclic) bond motifs is 1. The normalized spacial score (nSPS) is 17.0. The molecule has 0 aromatic heterocycles. The van der Waals surface area contributed by atoms with E-state index in [-0.39, 0.29) is 17.8 Å². The number of piperidine rings is 1. The van der Waals surface area contributed by atoms with Crippen molar-refractivity contribution in [3.05, 3.63) is 69.2 Å². The molecule has 2 aliphatic rings. The summed E-state index contributed by atoms with van der Waals surface area (Å²) >= 11 is 6.64. The van der Waals surface area contributed by atoms with Crippen LogP contribution in [0.3, 0.4) is 0 Å². The summed E-state index contributed by atoms with van der Waals surface area (Å²) in [6, 6.07) is 12.6. The molecule has 2 heterocycles. The van der Waals surface area contributed by atoms with Crippen molar-refractivity contribution in [2.45, 2.75) is 72.2 Å². The van der Waals surface area contributed by atoms with Crippen molar-refractivity contribution in [1.82, 2.24) is 9.80 Å². The monoisotopic (exact) mass is 482 g/mol. The van der Waals surface area contributed by atoms with E-state index in [0.29, 0.717) is 36.5 Å². The standard InChI is InChI=1S/C28H35ClN2O3/c1-5-19-6-8-20(9-7-19)16-30-17-23-14-22(15-25(29)24(23)18-30)26(32)21-10-12-31(13-11-21)27(33)34-28(2,3)4/h6-9,14-15,21H,5,10-13,16-18H2,1-4H3. The summed E-state index contributed by atoms with van der Waals surface area (Å²) in [5.74, 6) is 0.0320. The number of Topliss-reactive ketones (excluding diaryl/α,β-unsaturated/α-hetero) is 1. The van der Waals surface area contributed by atoms with Crippen LogP contribution in [0.2, 0.25) is 5.02 Å². The molecule has 0 N–H and O–H groups in total. The van der Waals surface area contributed by atoms with E-state index in [9.17, 15) is 9.59 Å². The van der Waals surface area contributed by atoms with E-state index >= 15 is 0 Å². The van der Waals surface area contributed by atoms with Crippen molar-refractivity contribution < 1.29 is 14.3 Å². The second kappa shape index (κ2) is 10.1. The summed E-state index contributed by atoms with van der Waals surface area (Å²) in [6.45, 7) is 11.3. The summed E-state index contributed by atoms with van der Waals surface area (Å²) in [6.07, 6.45) is 2.03. The summed E-state index contributed by atoms with van der Waals surface area (Å²) in [5.41, 5.74) is 5.08.